The first-order chi connectivity index (χ1) is 10.2. The fourth-order valence-electron chi connectivity index (χ4n) is 2.39. The van der Waals surface area contributed by atoms with Gasteiger partial charge < -0.3 is 5.11 Å². The summed E-state index contributed by atoms with van der Waals surface area (Å²) in [6.45, 7) is 4.99. The Morgan fingerprint density at radius 1 is 1.48 bits per heavy atom. The van der Waals surface area contributed by atoms with Crippen molar-refractivity contribution in [3.63, 3.8) is 0 Å². The molecule has 1 aromatic rings. The number of thioether (sulfide) groups is 1. The molecule has 4 heteroatoms. The normalized spacial score (nSPS) is 19.1. The second-order valence-corrected chi connectivity index (χ2v) is 6.63. The largest absolute Gasteiger partial charge is 0.395 e. The second kappa shape index (κ2) is 8.43. The minimum Gasteiger partial charge on any atom is -0.395 e. The van der Waals surface area contributed by atoms with Crippen molar-refractivity contribution in [2.75, 3.05) is 25.4 Å². The molecule has 0 spiro atoms. The van der Waals surface area contributed by atoms with Crippen LogP contribution in [-0.4, -0.2) is 40.7 Å². The number of aliphatic hydroxyl groups is 1. The van der Waals surface area contributed by atoms with E-state index in [1.54, 1.807) is 0 Å². The lowest BCUT2D eigenvalue weighted by Crippen LogP contribution is -2.37. The lowest BCUT2D eigenvalue weighted by molar-refractivity contribution is 0.269. The van der Waals surface area contributed by atoms with E-state index >= 15 is 0 Å². The van der Waals surface area contributed by atoms with Crippen LogP contribution in [0.15, 0.2) is 18.2 Å². The summed E-state index contributed by atoms with van der Waals surface area (Å²) in [6, 6.07) is 5.19. The van der Waals surface area contributed by atoms with Gasteiger partial charge in [-0.2, -0.15) is 11.8 Å². The van der Waals surface area contributed by atoms with E-state index in [9.17, 15) is 4.39 Å². The standard InChI is InChI=1S/C17H22FNOS/c1-2-16-13-19(8-10-21-16)12-15-7-6-14(11-17(15)18)5-3-4-9-20/h6-7,11,16,20H,2,4,8-10,12-13H2,1H3. The number of rotatable bonds is 4. The molecule has 114 valence electrons. The Morgan fingerprint density at radius 3 is 3.05 bits per heavy atom. The molecule has 1 unspecified atom stereocenters. The second-order valence-electron chi connectivity index (χ2n) is 5.22. The number of hydrogen-bond donors (Lipinski definition) is 1. The van der Waals surface area contributed by atoms with Gasteiger partial charge in [-0.3, -0.25) is 4.90 Å². The third-order valence-electron chi connectivity index (χ3n) is 3.59. The van der Waals surface area contributed by atoms with Gasteiger partial charge in [0, 0.05) is 48.2 Å². The van der Waals surface area contributed by atoms with Crippen LogP contribution in [0.5, 0.6) is 0 Å². The van der Waals surface area contributed by atoms with Gasteiger partial charge in [0.15, 0.2) is 0 Å². The minimum atomic E-state index is -0.183. The smallest absolute Gasteiger partial charge is 0.128 e. The molecule has 0 bridgehead atoms. The van der Waals surface area contributed by atoms with Crippen LogP contribution >= 0.6 is 11.8 Å². The summed E-state index contributed by atoms with van der Waals surface area (Å²) in [5.41, 5.74) is 1.41. The molecule has 2 nitrogen and oxygen atoms in total. The average Bonchev–Trinajstić information content (AvgIpc) is 2.50. The predicted octanol–water partition coefficient (Wildman–Crippen LogP) is 2.89. The first kappa shape index (κ1) is 16.4. The van der Waals surface area contributed by atoms with E-state index < -0.39 is 0 Å². The number of benzene rings is 1. The number of hydrogen-bond acceptors (Lipinski definition) is 3. The van der Waals surface area contributed by atoms with E-state index in [2.05, 4.69) is 23.7 Å². The quantitative estimate of drug-likeness (QED) is 0.865. The van der Waals surface area contributed by atoms with Gasteiger partial charge in [0.05, 0.1) is 6.61 Å². The van der Waals surface area contributed by atoms with E-state index in [0.29, 0.717) is 23.8 Å². The van der Waals surface area contributed by atoms with E-state index in [1.165, 1.54) is 12.5 Å². The molecule has 1 atom stereocenters. The van der Waals surface area contributed by atoms with Crippen LogP contribution in [0.2, 0.25) is 0 Å². The van der Waals surface area contributed by atoms with E-state index in [-0.39, 0.29) is 12.4 Å². The third kappa shape index (κ3) is 5.03. The molecule has 0 aliphatic carbocycles. The Morgan fingerprint density at radius 2 is 2.33 bits per heavy atom. The fourth-order valence-corrected chi connectivity index (χ4v) is 3.63. The van der Waals surface area contributed by atoms with Gasteiger partial charge in [-0.05, 0) is 18.6 Å². The summed E-state index contributed by atoms with van der Waals surface area (Å²) >= 11 is 2.02. The maximum absolute atomic E-state index is 14.1. The summed E-state index contributed by atoms with van der Waals surface area (Å²) in [7, 11) is 0. The molecular formula is C17H22FNOS. The van der Waals surface area contributed by atoms with Gasteiger partial charge in [0.1, 0.15) is 5.82 Å². The van der Waals surface area contributed by atoms with Crippen molar-refractivity contribution >= 4 is 11.8 Å². The van der Waals surface area contributed by atoms with E-state index in [0.717, 1.165) is 24.4 Å². The van der Waals surface area contributed by atoms with Gasteiger partial charge in [0.2, 0.25) is 0 Å². The van der Waals surface area contributed by atoms with Crippen molar-refractivity contribution in [2.24, 2.45) is 0 Å². The zero-order valence-corrected chi connectivity index (χ0v) is 13.3. The molecule has 0 radical (unpaired) electrons. The molecule has 21 heavy (non-hydrogen) atoms. The topological polar surface area (TPSA) is 23.5 Å². The highest BCUT2D eigenvalue weighted by molar-refractivity contribution is 8.00. The van der Waals surface area contributed by atoms with Crippen molar-refractivity contribution in [3.8, 4) is 11.8 Å². The number of halogens is 1. The molecule has 1 aliphatic heterocycles. The molecule has 2 rings (SSSR count). The molecule has 1 fully saturated rings. The Kier molecular flexibility index (Phi) is 6.56. The fraction of sp³-hybridized carbons (Fsp3) is 0.529. The van der Waals surface area contributed by atoms with Gasteiger partial charge in [-0.25, -0.2) is 4.39 Å². The Labute approximate surface area is 130 Å². The molecule has 1 heterocycles. The van der Waals surface area contributed by atoms with Crippen LogP contribution in [0.25, 0.3) is 0 Å². The Hall–Kier alpha value is -1.02. The summed E-state index contributed by atoms with van der Waals surface area (Å²) in [5.74, 6) is 6.63. The molecule has 0 aromatic heterocycles. The van der Waals surface area contributed by atoms with Gasteiger partial charge in [-0.15, -0.1) is 0 Å². The Bertz CT molecular complexity index is 523. The zero-order chi connectivity index (χ0) is 15.1. The van der Waals surface area contributed by atoms with Crippen LogP contribution in [-0.2, 0) is 6.54 Å². The summed E-state index contributed by atoms with van der Waals surface area (Å²) in [4.78, 5) is 2.33. The predicted molar refractivity (Wildman–Crippen MR) is 86.8 cm³/mol. The summed E-state index contributed by atoms with van der Waals surface area (Å²) in [6.07, 6.45) is 1.59. The lowest BCUT2D eigenvalue weighted by atomic mass is 10.1. The molecule has 1 aliphatic rings. The maximum Gasteiger partial charge on any atom is 0.128 e. The number of aliphatic hydroxyl groups excluding tert-OH is 1. The molecule has 1 aromatic carbocycles. The van der Waals surface area contributed by atoms with Crippen molar-refractivity contribution in [3.05, 3.63) is 35.1 Å². The van der Waals surface area contributed by atoms with E-state index in [4.69, 9.17) is 5.11 Å². The summed E-state index contributed by atoms with van der Waals surface area (Å²) in [5, 5.41) is 9.35. The molecule has 1 saturated heterocycles. The highest BCUT2D eigenvalue weighted by Gasteiger charge is 2.19. The van der Waals surface area contributed by atoms with Crippen molar-refractivity contribution < 1.29 is 9.50 Å². The number of nitrogens with zero attached hydrogens (tertiary/aromatic N) is 1. The zero-order valence-electron chi connectivity index (χ0n) is 12.4. The molecule has 1 N–H and O–H groups in total. The minimum absolute atomic E-state index is 0.0408. The molecule has 0 amide bonds. The van der Waals surface area contributed by atoms with Gasteiger partial charge in [0.25, 0.3) is 0 Å². The van der Waals surface area contributed by atoms with Crippen molar-refractivity contribution in [1.29, 1.82) is 0 Å². The highest BCUT2D eigenvalue weighted by atomic mass is 32.2. The first-order valence-electron chi connectivity index (χ1n) is 7.45. The SMILES string of the molecule is CCC1CN(Cc2ccc(C#CCCO)cc2F)CCS1. The monoisotopic (exact) mass is 307 g/mol. The van der Waals surface area contributed by atoms with Crippen molar-refractivity contribution in [1.82, 2.24) is 4.90 Å². The summed E-state index contributed by atoms with van der Waals surface area (Å²) < 4.78 is 14.1. The molecule has 0 saturated carbocycles. The average molecular weight is 307 g/mol. The van der Waals surface area contributed by atoms with Gasteiger partial charge in [-0.1, -0.05) is 24.8 Å². The van der Waals surface area contributed by atoms with Gasteiger partial charge >= 0.3 is 0 Å². The van der Waals surface area contributed by atoms with E-state index in [1.807, 2.05) is 23.9 Å². The maximum atomic E-state index is 14.1. The van der Waals surface area contributed by atoms with Crippen LogP contribution in [0.3, 0.4) is 0 Å². The van der Waals surface area contributed by atoms with Crippen LogP contribution < -0.4 is 0 Å². The van der Waals surface area contributed by atoms with Crippen LogP contribution in [0.1, 0.15) is 30.9 Å². The highest BCUT2D eigenvalue weighted by Crippen LogP contribution is 2.23. The van der Waals surface area contributed by atoms with Crippen LogP contribution in [0.4, 0.5) is 4.39 Å². The van der Waals surface area contributed by atoms with Crippen LogP contribution in [0, 0.1) is 17.7 Å². The Balaban J connectivity index is 1.99. The third-order valence-corrected chi connectivity index (χ3v) is 4.97. The first-order valence-corrected chi connectivity index (χ1v) is 8.50. The molecular weight excluding hydrogens is 285 g/mol. The van der Waals surface area contributed by atoms with Crippen molar-refractivity contribution in [2.45, 2.75) is 31.6 Å². The lowest BCUT2D eigenvalue weighted by Gasteiger charge is -2.31.